The first-order chi connectivity index (χ1) is 12.0. The Hall–Kier alpha value is -1.53. The van der Waals surface area contributed by atoms with Crippen molar-refractivity contribution >= 4 is 27.3 Å². The van der Waals surface area contributed by atoms with Gasteiger partial charge in [-0.25, -0.2) is 8.78 Å². The molecule has 3 aliphatic heterocycles. The van der Waals surface area contributed by atoms with Crippen molar-refractivity contribution in [3.8, 4) is 0 Å². The molecule has 1 spiro atoms. The van der Waals surface area contributed by atoms with Crippen LogP contribution in [0.25, 0.3) is 10.1 Å². The third-order valence-corrected chi connectivity index (χ3v) is 7.56. The molecule has 2 bridgehead atoms. The van der Waals surface area contributed by atoms with E-state index < -0.39 is 11.6 Å². The highest BCUT2D eigenvalue weighted by Gasteiger charge is 2.60. The summed E-state index contributed by atoms with van der Waals surface area (Å²) in [6, 6.07) is 3.12. The molecule has 2 aromatic rings. The molecule has 4 fully saturated rings. The molecule has 25 heavy (non-hydrogen) atoms. The molecule has 1 saturated carbocycles. The fourth-order valence-corrected chi connectivity index (χ4v) is 5.88. The summed E-state index contributed by atoms with van der Waals surface area (Å²) >= 11 is 1.12. The smallest absolute Gasteiger partial charge is 0.261 e. The van der Waals surface area contributed by atoms with Gasteiger partial charge in [0.25, 0.3) is 5.91 Å². The van der Waals surface area contributed by atoms with Crippen molar-refractivity contribution in [2.24, 2.45) is 5.92 Å². The van der Waals surface area contributed by atoms with E-state index in [9.17, 15) is 13.6 Å². The van der Waals surface area contributed by atoms with Crippen LogP contribution in [0.1, 0.15) is 40.9 Å². The first kappa shape index (κ1) is 15.7. The number of fused-ring (bicyclic) bond motifs is 3. The topological polar surface area (TPSA) is 32.3 Å². The normalized spacial score (nSPS) is 29.3. The lowest BCUT2D eigenvalue weighted by Gasteiger charge is -2.52. The largest absolute Gasteiger partial charge is 0.346 e. The molecule has 1 aromatic heterocycles. The van der Waals surface area contributed by atoms with Crippen LogP contribution < -0.4 is 5.32 Å². The van der Waals surface area contributed by atoms with E-state index in [-0.39, 0.29) is 23.1 Å². The zero-order valence-electron chi connectivity index (χ0n) is 14.1. The van der Waals surface area contributed by atoms with E-state index in [1.54, 1.807) is 6.07 Å². The van der Waals surface area contributed by atoms with Crippen LogP contribution in [0.5, 0.6) is 0 Å². The number of hydrogen-bond acceptors (Lipinski definition) is 3. The summed E-state index contributed by atoms with van der Waals surface area (Å²) in [5, 5.41) is 3.71. The SMILES string of the molecule is Cc1c(F)cc2cc(C(=O)NC3C4CCN(CC4)C34CC4)sc2c1F. The molecule has 1 aliphatic carbocycles. The van der Waals surface area contributed by atoms with Gasteiger partial charge in [-0.3, -0.25) is 9.69 Å². The Morgan fingerprint density at radius 3 is 2.68 bits per heavy atom. The highest BCUT2D eigenvalue weighted by atomic mass is 32.1. The summed E-state index contributed by atoms with van der Waals surface area (Å²) in [4.78, 5) is 15.8. The summed E-state index contributed by atoms with van der Waals surface area (Å²) in [7, 11) is 0. The van der Waals surface area contributed by atoms with Gasteiger partial charge in [0, 0.05) is 11.1 Å². The van der Waals surface area contributed by atoms with E-state index in [2.05, 4.69) is 10.2 Å². The molecule has 4 aliphatic rings. The van der Waals surface area contributed by atoms with E-state index in [1.165, 1.54) is 13.0 Å². The minimum absolute atomic E-state index is 0.00984. The Labute approximate surface area is 149 Å². The van der Waals surface area contributed by atoms with Gasteiger partial charge >= 0.3 is 0 Å². The standard InChI is InChI=1S/C19H20F2N2OS/c1-10-13(20)8-12-9-14(25-16(12)15(10)21)18(24)22-17-11-2-6-23(7-3-11)19(17)4-5-19/h8-9,11,17H,2-7H2,1H3,(H,22,24). The van der Waals surface area contributed by atoms with Crippen molar-refractivity contribution in [3.05, 3.63) is 34.2 Å². The second-order valence-corrected chi connectivity index (χ2v) is 8.76. The lowest BCUT2D eigenvalue weighted by molar-refractivity contribution is -0.00138. The van der Waals surface area contributed by atoms with Gasteiger partial charge in [-0.05, 0) is 69.1 Å². The minimum atomic E-state index is -0.566. The van der Waals surface area contributed by atoms with Crippen molar-refractivity contribution < 1.29 is 13.6 Å². The van der Waals surface area contributed by atoms with E-state index in [0.717, 1.165) is 50.1 Å². The molecule has 0 radical (unpaired) electrons. The summed E-state index contributed by atoms with van der Waals surface area (Å²) in [5.41, 5.74) is 0.178. The molecule has 1 atom stereocenters. The summed E-state index contributed by atoms with van der Waals surface area (Å²) in [6.45, 7) is 3.71. The Morgan fingerprint density at radius 1 is 1.28 bits per heavy atom. The molecule has 1 unspecified atom stereocenters. The third kappa shape index (κ3) is 2.20. The lowest BCUT2D eigenvalue weighted by Crippen LogP contribution is -2.65. The Balaban J connectivity index is 1.45. The van der Waals surface area contributed by atoms with Gasteiger partial charge in [-0.15, -0.1) is 11.3 Å². The number of amides is 1. The predicted octanol–water partition coefficient (Wildman–Crippen LogP) is 3.84. The fraction of sp³-hybridized carbons (Fsp3) is 0.526. The minimum Gasteiger partial charge on any atom is -0.346 e. The van der Waals surface area contributed by atoms with Gasteiger partial charge in [0.1, 0.15) is 11.6 Å². The molecular weight excluding hydrogens is 342 g/mol. The molecule has 132 valence electrons. The number of hydrogen-bond donors (Lipinski definition) is 1. The van der Waals surface area contributed by atoms with Gasteiger partial charge < -0.3 is 5.32 Å². The highest BCUT2D eigenvalue weighted by Crippen LogP contribution is 2.53. The van der Waals surface area contributed by atoms with Crippen LogP contribution in [0.4, 0.5) is 8.78 Å². The van der Waals surface area contributed by atoms with Crippen LogP contribution in [-0.2, 0) is 0 Å². The maximum Gasteiger partial charge on any atom is 0.261 e. The zero-order valence-corrected chi connectivity index (χ0v) is 14.9. The predicted molar refractivity (Wildman–Crippen MR) is 94.0 cm³/mol. The van der Waals surface area contributed by atoms with Gasteiger partial charge in [-0.2, -0.15) is 0 Å². The number of thiophene rings is 1. The van der Waals surface area contributed by atoms with Crippen molar-refractivity contribution in [2.75, 3.05) is 13.1 Å². The highest BCUT2D eigenvalue weighted by molar-refractivity contribution is 7.20. The average molecular weight is 362 g/mol. The number of halogens is 2. The molecule has 3 nitrogen and oxygen atoms in total. The van der Waals surface area contributed by atoms with E-state index in [4.69, 9.17) is 0 Å². The van der Waals surface area contributed by atoms with Crippen LogP contribution in [0.15, 0.2) is 12.1 Å². The third-order valence-electron chi connectivity index (χ3n) is 6.42. The molecule has 1 aromatic carbocycles. The maximum absolute atomic E-state index is 14.3. The Kier molecular flexibility index (Phi) is 3.29. The average Bonchev–Trinajstić information content (AvgIpc) is 3.27. The van der Waals surface area contributed by atoms with Crippen LogP contribution >= 0.6 is 11.3 Å². The number of rotatable bonds is 2. The van der Waals surface area contributed by atoms with Crippen molar-refractivity contribution in [1.29, 1.82) is 0 Å². The number of piperidine rings is 3. The first-order valence-electron chi connectivity index (χ1n) is 8.94. The maximum atomic E-state index is 14.3. The van der Waals surface area contributed by atoms with Gasteiger partial charge in [0.15, 0.2) is 0 Å². The molecule has 3 saturated heterocycles. The van der Waals surface area contributed by atoms with Gasteiger partial charge in [0.05, 0.1) is 15.6 Å². The summed E-state index contributed by atoms with van der Waals surface area (Å²) in [5.74, 6) is -0.726. The van der Waals surface area contributed by atoms with Crippen LogP contribution in [0, 0.1) is 24.5 Å². The fourth-order valence-electron chi connectivity index (χ4n) is 4.85. The molecular formula is C19H20F2N2OS. The quantitative estimate of drug-likeness (QED) is 0.880. The van der Waals surface area contributed by atoms with Crippen LogP contribution in [-0.4, -0.2) is 35.5 Å². The molecule has 1 N–H and O–H groups in total. The second kappa shape index (κ2) is 5.24. The Bertz CT molecular complexity index is 881. The second-order valence-electron chi connectivity index (χ2n) is 7.71. The molecule has 1 amide bonds. The molecule has 4 heterocycles. The number of nitrogens with zero attached hydrogens (tertiary/aromatic N) is 1. The van der Waals surface area contributed by atoms with E-state index in [0.29, 0.717) is 20.9 Å². The first-order valence-corrected chi connectivity index (χ1v) is 9.75. The number of carbonyl (C=O) groups is 1. The van der Waals surface area contributed by atoms with Crippen molar-refractivity contribution in [1.82, 2.24) is 10.2 Å². The van der Waals surface area contributed by atoms with Crippen LogP contribution in [0.2, 0.25) is 0 Å². The Morgan fingerprint density at radius 2 is 2.00 bits per heavy atom. The van der Waals surface area contributed by atoms with E-state index >= 15 is 0 Å². The number of nitrogens with one attached hydrogen (secondary N) is 1. The van der Waals surface area contributed by atoms with Crippen molar-refractivity contribution in [3.63, 3.8) is 0 Å². The molecule has 6 rings (SSSR count). The van der Waals surface area contributed by atoms with Crippen LogP contribution in [0.3, 0.4) is 0 Å². The summed E-state index contributed by atoms with van der Waals surface area (Å²) in [6.07, 6.45) is 4.58. The zero-order chi connectivity index (χ0) is 17.3. The lowest BCUT2D eigenvalue weighted by atomic mass is 9.77. The van der Waals surface area contributed by atoms with E-state index in [1.807, 2.05) is 0 Å². The monoisotopic (exact) mass is 362 g/mol. The number of carbonyl (C=O) groups excluding carboxylic acids is 1. The number of benzene rings is 1. The van der Waals surface area contributed by atoms with Gasteiger partial charge in [-0.1, -0.05) is 0 Å². The van der Waals surface area contributed by atoms with Crippen molar-refractivity contribution in [2.45, 2.75) is 44.2 Å². The summed E-state index contributed by atoms with van der Waals surface area (Å²) < 4.78 is 28.4. The molecule has 6 heteroatoms. The van der Waals surface area contributed by atoms with Gasteiger partial charge in [0.2, 0.25) is 0 Å².